The first-order chi connectivity index (χ1) is 11.3. The van der Waals surface area contributed by atoms with E-state index in [0.29, 0.717) is 12.0 Å². The van der Waals surface area contributed by atoms with Gasteiger partial charge in [0.1, 0.15) is 11.5 Å². The van der Waals surface area contributed by atoms with Gasteiger partial charge in [0.25, 0.3) is 0 Å². The Kier molecular flexibility index (Phi) is 5.36. The smallest absolute Gasteiger partial charge is 0.118 e. The molecule has 1 aromatic heterocycles. The van der Waals surface area contributed by atoms with E-state index in [1.165, 1.54) is 5.56 Å². The molecule has 0 amide bonds. The Morgan fingerprint density at radius 1 is 1.17 bits per heavy atom. The van der Waals surface area contributed by atoms with Gasteiger partial charge in [-0.15, -0.1) is 0 Å². The highest BCUT2D eigenvalue weighted by molar-refractivity contribution is 5.27. The molecule has 1 aliphatic rings. The molecule has 0 unspecified atom stereocenters. The van der Waals surface area contributed by atoms with Gasteiger partial charge in [-0.05, 0) is 42.7 Å². The van der Waals surface area contributed by atoms with Crippen molar-refractivity contribution in [2.24, 2.45) is 5.92 Å². The molecule has 2 aromatic rings. The van der Waals surface area contributed by atoms with Crippen LogP contribution in [0, 0.1) is 5.92 Å². The van der Waals surface area contributed by atoms with Crippen molar-refractivity contribution in [2.75, 3.05) is 27.3 Å². The molecule has 1 aromatic carbocycles. The number of rotatable bonds is 6. The standard InChI is InChI=1S/C19H25NO3/c1-21-17-7-5-15(6-8-17)12-16-13-20(10-9-19(16)22-2)14-18-4-3-11-23-18/h3-8,11,16,19H,9-10,12-14H2,1-2H3/t16-,19+/m1/s1. The zero-order valence-electron chi connectivity index (χ0n) is 13.9. The van der Waals surface area contributed by atoms with Gasteiger partial charge in [0.05, 0.1) is 26.0 Å². The number of likely N-dealkylation sites (tertiary alicyclic amines) is 1. The summed E-state index contributed by atoms with van der Waals surface area (Å²) in [4.78, 5) is 2.46. The molecule has 0 saturated carbocycles. The summed E-state index contributed by atoms with van der Waals surface area (Å²) < 4.78 is 16.4. The topological polar surface area (TPSA) is 34.8 Å². The fraction of sp³-hybridized carbons (Fsp3) is 0.474. The quantitative estimate of drug-likeness (QED) is 0.818. The number of furan rings is 1. The molecule has 0 aliphatic carbocycles. The summed E-state index contributed by atoms with van der Waals surface area (Å²) in [6, 6.07) is 12.3. The Balaban J connectivity index is 1.63. The van der Waals surface area contributed by atoms with Crippen molar-refractivity contribution in [3.05, 3.63) is 54.0 Å². The minimum atomic E-state index is 0.324. The second-order valence-electron chi connectivity index (χ2n) is 6.19. The summed E-state index contributed by atoms with van der Waals surface area (Å²) >= 11 is 0. The molecule has 2 heterocycles. The number of methoxy groups -OCH3 is 2. The molecule has 2 atom stereocenters. The van der Waals surface area contributed by atoms with Crippen LogP contribution < -0.4 is 4.74 Å². The lowest BCUT2D eigenvalue weighted by Gasteiger charge is -2.37. The van der Waals surface area contributed by atoms with E-state index in [1.54, 1.807) is 13.4 Å². The Morgan fingerprint density at radius 2 is 2.00 bits per heavy atom. The molecule has 1 aliphatic heterocycles. The van der Waals surface area contributed by atoms with Crippen LogP contribution in [0.3, 0.4) is 0 Å². The van der Waals surface area contributed by atoms with Crippen molar-refractivity contribution in [3.63, 3.8) is 0 Å². The maximum atomic E-state index is 5.73. The molecule has 0 N–H and O–H groups in total. The Bertz CT molecular complexity index is 579. The second kappa shape index (κ2) is 7.66. The summed E-state index contributed by atoms with van der Waals surface area (Å²) in [5.74, 6) is 2.43. The average Bonchev–Trinajstić information content (AvgIpc) is 3.09. The maximum Gasteiger partial charge on any atom is 0.118 e. The zero-order chi connectivity index (χ0) is 16.1. The Labute approximate surface area is 138 Å². The van der Waals surface area contributed by atoms with Crippen LogP contribution in [0.5, 0.6) is 5.75 Å². The van der Waals surface area contributed by atoms with Crippen molar-refractivity contribution >= 4 is 0 Å². The van der Waals surface area contributed by atoms with Crippen molar-refractivity contribution in [1.29, 1.82) is 0 Å². The number of piperidine rings is 1. The first kappa shape index (κ1) is 16.1. The van der Waals surface area contributed by atoms with Crippen LogP contribution >= 0.6 is 0 Å². The number of ether oxygens (including phenoxy) is 2. The molecule has 0 bridgehead atoms. The molecular formula is C19H25NO3. The molecular weight excluding hydrogens is 290 g/mol. The minimum absolute atomic E-state index is 0.324. The van der Waals surface area contributed by atoms with E-state index in [-0.39, 0.29) is 0 Å². The first-order valence-electron chi connectivity index (χ1n) is 8.19. The molecule has 0 spiro atoms. The van der Waals surface area contributed by atoms with Gasteiger partial charge in [0, 0.05) is 26.1 Å². The van der Waals surface area contributed by atoms with Gasteiger partial charge in [-0.2, -0.15) is 0 Å². The fourth-order valence-corrected chi connectivity index (χ4v) is 3.42. The molecule has 1 fully saturated rings. The minimum Gasteiger partial charge on any atom is -0.497 e. The maximum absolute atomic E-state index is 5.73. The van der Waals surface area contributed by atoms with E-state index in [2.05, 4.69) is 17.0 Å². The van der Waals surface area contributed by atoms with E-state index in [9.17, 15) is 0 Å². The van der Waals surface area contributed by atoms with Gasteiger partial charge in [0.2, 0.25) is 0 Å². The Hall–Kier alpha value is -1.78. The van der Waals surface area contributed by atoms with E-state index in [0.717, 1.165) is 44.0 Å². The third-order valence-electron chi connectivity index (χ3n) is 4.67. The van der Waals surface area contributed by atoms with Gasteiger partial charge in [-0.1, -0.05) is 12.1 Å². The van der Waals surface area contributed by atoms with Gasteiger partial charge < -0.3 is 13.9 Å². The molecule has 23 heavy (non-hydrogen) atoms. The van der Waals surface area contributed by atoms with Gasteiger partial charge in [-0.25, -0.2) is 0 Å². The van der Waals surface area contributed by atoms with Crippen molar-refractivity contribution in [2.45, 2.75) is 25.5 Å². The number of nitrogens with zero attached hydrogens (tertiary/aromatic N) is 1. The van der Waals surface area contributed by atoms with Crippen molar-refractivity contribution < 1.29 is 13.9 Å². The largest absolute Gasteiger partial charge is 0.497 e. The lowest BCUT2D eigenvalue weighted by Crippen LogP contribution is -2.44. The monoisotopic (exact) mass is 315 g/mol. The van der Waals surface area contributed by atoms with Crippen LogP contribution in [0.1, 0.15) is 17.7 Å². The van der Waals surface area contributed by atoms with E-state index in [1.807, 2.05) is 31.4 Å². The van der Waals surface area contributed by atoms with Crippen LogP contribution in [0.25, 0.3) is 0 Å². The summed E-state index contributed by atoms with van der Waals surface area (Å²) in [7, 11) is 3.53. The summed E-state index contributed by atoms with van der Waals surface area (Å²) in [6.07, 6.45) is 4.16. The SMILES string of the molecule is COc1ccc(C[C@@H]2CN(Cc3ccco3)CC[C@@H]2OC)cc1. The van der Waals surface area contributed by atoms with Crippen LogP contribution in [-0.4, -0.2) is 38.3 Å². The highest BCUT2D eigenvalue weighted by atomic mass is 16.5. The first-order valence-corrected chi connectivity index (χ1v) is 8.19. The Morgan fingerprint density at radius 3 is 2.65 bits per heavy atom. The highest BCUT2D eigenvalue weighted by Gasteiger charge is 2.29. The molecule has 1 saturated heterocycles. The van der Waals surface area contributed by atoms with E-state index >= 15 is 0 Å². The predicted octanol–water partition coefficient (Wildman–Crippen LogP) is 3.37. The van der Waals surface area contributed by atoms with Gasteiger partial charge in [-0.3, -0.25) is 4.90 Å². The van der Waals surface area contributed by atoms with Crippen LogP contribution in [0.4, 0.5) is 0 Å². The fourth-order valence-electron chi connectivity index (χ4n) is 3.42. The van der Waals surface area contributed by atoms with Crippen LogP contribution in [0.2, 0.25) is 0 Å². The molecule has 0 radical (unpaired) electrons. The zero-order valence-corrected chi connectivity index (χ0v) is 13.9. The van der Waals surface area contributed by atoms with E-state index in [4.69, 9.17) is 13.9 Å². The number of hydrogen-bond acceptors (Lipinski definition) is 4. The van der Waals surface area contributed by atoms with Crippen LogP contribution in [-0.2, 0) is 17.7 Å². The normalized spacial score (nSPS) is 22.2. The summed E-state index contributed by atoms with van der Waals surface area (Å²) in [6.45, 7) is 2.96. The summed E-state index contributed by atoms with van der Waals surface area (Å²) in [5.41, 5.74) is 1.33. The third-order valence-corrected chi connectivity index (χ3v) is 4.67. The van der Waals surface area contributed by atoms with Crippen molar-refractivity contribution in [3.8, 4) is 5.75 Å². The van der Waals surface area contributed by atoms with Gasteiger partial charge in [0.15, 0.2) is 0 Å². The van der Waals surface area contributed by atoms with E-state index < -0.39 is 0 Å². The highest BCUT2D eigenvalue weighted by Crippen LogP contribution is 2.25. The molecule has 4 nitrogen and oxygen atoms in total. The summed E-state index contributed by atoms with van der Waals surface area (Å²) in [5, 5.41) is 0. The second-order valence-corrected chi connectivity index (χ2v) is 6.19. The molecule has 3 rings (SSSR count). The average molecular weight is 315 g/mol. The van der Waals surface area contributed by atoms with Crippen molar-refractivity contribution in [1.82, 2.24) is 4.90 Å². The lowest BCUT2D eigenvalue weighted by atomic mass is 9.88. The van der Waals surface area contributed by atoms with Crippen LogP contribution in [0.15, 0.2) is 47.1 Å². The number of hydrogen-bond donors (Lipinski definition) is 0. The predicted molar refractivity (Wildman–Crippen MR) is 89.6 cm³/mol. The lowest BCUT2D eigenvalue weighted by molar-refractivity contribution is -0.00997. The number of benzene rings is 1. The van der Waals surface area contributed by atoms with Gasteiger partial charge >= 0.3 is 0 Å². The molecule has 124 valence electrons. The third kappa shape index (κ3) is 4.15. The molecule has 4 heteroatoms.